The number of aromatic nitrogens is 2. The van der Waals surface area contributed by atoms with Crippen molar-refractivity contribution in [3.63, 3.8) is 0 Å². The molecule has 0 aliphatic heterocycles. The molecule has 2 unspecified atom stereocenters. The molecule has 0 fully saturated rings. The fourth-order valence-corrected chi connectivity index (χ4v) is 1.88. The Kier molecular flexibility index (Phi) is 4.22. The fraction of sp³-hybridized carbons (Fsp3) is 0.727. The first kappa shape index (κ1) is 13.6. The van der Waals surface area contributed by atoms with Crippen LogP contribution in [0.15, 0.2) is 0 Å². The minimum atomic E-state index is -0.639. The van der Waals surface area contributed by atoms with Crippen LogP contribution in [0.3, 0.4) is 0 Å². The summed E-state index contributed by atoms with van der Waals surface area (Å²) in [4.78, 5) is 10.6. The molecule has 0 radical (unpaired) electrons. The van der Waals surface area contributed by atoms with Crippen molar-refractivity contribution in [2.75, 3.05) is 0 Å². The van der Waals surface area contributed by atoms with Gasteiger partial charge in [0.2, 0.25) is 0 Å². The van der Waals surface area contributed by atoms with E-state index >= 15 is 0 Å². The van der Waals surface area contributed by atoms with Gasteiger partial charge in [0.25, 0.3) is 0 Å². The molecule has 0 spiro atoms. The molecule has 0 aromatic carbocycles. The van der Waals surface area contributed by atoms with Crippen molar-refractivity contribution in [2.45, 2.75) is 52.7 Å². The zero-order chi connectivity index (χ0) is 13.2. The summed E-state index contributed by atoms with van der Waals surface area (Å²) in [5, 5.41) is 24.9. The Labute approximate surface area is 100 Å². The summed E-state index contributed by atoms with van der Waals surface area (Å²) in [7, 11) is 0. The Bertz CT molecular complexity index is 412. The number of hydrogen-bond donors (Lipinski definition) is 1. The van der Waals surface area contributed by atoms with Crippen molar-refractivity contribution in [1.82, 2.24) is 9.78 Å². The molecule has 0 aliphatic carbocycles. The highest BCUT2D eigenvalue weighted by Crippen LogP contribution is 2.31. The van der Waals surface area contributed by atoms with Crippen LogP contribution in [0.25, 0.3) is 0 Å². The lowest BCUT2D eigenvalue weighted by Gasteiger charge is -2.15. The smallest absolute Gasteiger partial charge is 0.313 e. The first-order valence-electron chi connectivity index (χ1n) is 5.79. The molecule has 0 bridgehead atoms. The molecule has 6 heteroatoms. The number of aliphatic hydroxyl groups is 1. The van der Waals surface area contributed by atoms with Crippen molar-refractivity contribution in [3.8, 4) is 0 Å². The molecule has 0 saturated carbocycles. The second-order valence-electron chi connectivity index (χ2n) is 4.33. The van der Waals surface area contributed by atoms with Crippen molar-refractivity contribution >= 4 is 5.69 Å². The van der Waals surface area contributed by atoms with Gasteiger partial charge in [0, 0.05) is 12.5 Å². The maximum atomic E-state index is 11.1. The van der Waals surface area contributed by atoms with Gasteiger partial charge in [-0.05, 0) is 20.3 Å². The molecule has 1 aromatic rings. The number of aliphatic hydroxyl groups excluding tert-OH is 1. The monoisotopic (exact) mass is 241 g/mol. The second kappa shape index (κ2) is 5.27. The summed E-state index contributed by atoms with van der Waals surface area (Å²) in [5.41, 5.74) is 0.960. The topological polar surface area (TPSA) is 81.2 Å². The molecule has 1 aromatic heterocycles. The van der Waals surface area contributed by atoms with Gasteiger partial charge in [-0.15, -0.1) is 0 Å². The van der Waals surface area contributed by atoms with Gasteiger partial charge in [-0.1, -0.05) is 13.8 Å². The zero-order valence-corrected chi connectivity index (χ0v) is 10.7. The van der Waals surface area contributed by atoms with Gasteiger partial charge in [-0.25, -0.2) is 0 Å². The fourth-order valence-electron chi connectivity index (χ4n) is 1.88. The van der Waals surface area contributed by atoms with E-state index in [0.29, 0.717) is 17.9 Å². The summed E-state index contributed by atoms with van der Waals surface area (Å²) in [5.74, 6) is -0.303. The number of hydrogen-bond acceptors (Lipinski definition) is 4. The molecular formula is C11H19N3O3. The summed E-state index contributed by atoms with van der Waals surface area (Å²) in [6, 6.07) is 0. The highest BCUT2D eigenvalue weighted by molar-refractivity contribution is 5.42. The van der Waals surface area contributed by atoms with Crippen LogP contribution in [0.4, 0.5) is 5.69 Å². The molecule has 1 heterocycles. The third kappa shape index (κ3) is 2.63. The van der Waals surface area contributed by atoms with Gasteiger partial charge in [0.1, 0.15) is 11.4 Å². The van der Waals surface area contributed by atoms with Crippen LogP contribution in [-0.4, -0.2) is 25.9 Å². The number of nitrogens with zero attached hydrogens (tertiary/aromatic N) is 3. The van der Waals surface area contributed by atoms with Gasteiger partial charge >= 0.3 is 5.69 Å². The van der Waals surface area contributed by atoms with Crippen LogP contribution in [0, 0.1) is 17.0 Å². The highest BCUT2D eigenvalue weighted by Gasteiger charge is 2.30. The molecule has 17 heavy (non-hydrogen) atoms. The Hall–Kier alpha value is -1.43. The first-order chi connectivity index (χ1) is 7.90. The molecule has 1 rings (SSSR count). The Balaban J connectivity index is 3.34. The van der Waals surface area contributed by atoms with E-state index in [-0.39, 0.29) is 11.6 Å². The van der Waals surface area contributed by atoms with Gasteiger partial charge < -0.3 is 5.11 Å². The van der Waals surface area contributed by atoms with Crippen LogP contribution < -0.4 is 0 Å². The van der Waals surface area contributed by atoms with E-state index in [0.717, 1.165) is 6.42 Å². The molecular weight excluding hydrogens is 222 g/mol. The molecule has 2 atom stereocenters. The average Bonchev–Trinajstić information content (AvgIpc) is 2.54. The third-order valence-corrected chi connectivity index (χ3v) is 2.91. The largest absolute Gasteiger partial charge is 0.393 e. The summed E-state index contributed by atoms with van der Waals surface area (Å²) >= 11 is 0. The molecule has 1 N–H and O–H groups in total. The van der Waals surface area contributed by atoms with Crippen molar-refractivity contribution < 1.29 is 10.0 Å². The maximum Gasteiger partial charge on any atom is 0.313 e. The Morgan fingerprint density at radius 3 is 2.53 bits per heavy atom. The molecule has 0 amide bonds. The van der Waals surface area contributed by atoms with E-state index in [1.54, 1.807) is 25.5 Å². The van der Waals surface area contributed by atoms with Crippen molar-refractivity contribution in [3.05, 3.63) is 21.5 Å². The first-order valence-corrected chi connectivity index (χ1v) is 5.79. The van der Waals surface area contributed by atoms with Crippen LogP contribution in [0.1, 0.15) is 44.5 Å². The standard InChI is InChI=1S/C11H19N3O3/c1-5-6-13-10(7(2)9(4)15)11(14(16)17)8(3)12-13/h7,9,15H,5-6H2,1-4H3. The summed E-state index contributed by atoms with van der Waals surface area (Å²) < 4.78 is 1.64. The SMILES string of the molecule is CCCn1nc(C)c([N+](=O)[O-])c1C(C)C(C)O. The van der Waals surface area contributed by atoms with Crippen LogP contribution in [0.2, 0.25) is 0 Å². The average molecular weight is 241 g/mol. The molecule has 6 nitrogen and oxygen atoms in total. The van der Waals surface area contributed by atoms with E-state index in [9.17, 15) is 15.2 Å². The van der Waals surface area contributed by atoms with Crippen molar-refractivity contribution in [2.24, 2.45) is 0 Å². The van der Waals surface area contributed by atoms with Crippen molar-refractivity contribution in [1.29, 1.82) is 0 Å². The Morgan fingerprint density at radius 2 is 2.12 bits per heavy atom. The van der Waals surface area contributed by atoms with Crippen LogP contribution in [-0.2, 0) is 6.54 Å². The molecule has 96 valence electrons. The normalized spacial score (nSPS) is 14.6. The van der Waals surface area contributed by atoms with Gasteiger partial charge in [0.15, 0.2) is 0 Å². The zero-order valence-electron chi connectivity index (χ0n) is 10.7. The predicted molar refractivity (Wildman–Crippen MR) is 64.0 cm³/mol. The van der Waals surface area contributed by atoms with Gasteiger partial charge in [-0.2, -0.15) is 5.10 Å². The quantitative estimate of drug-likeness (QED) is 0.631. The van der Waals surface area contributed by atoms with Gasteiger partial charge in [-0.3, -0.25) is 14.8 Å². The molecule has 0 saturated heterocycles. The van der Waals surface area contributed by atoms with E-state index in [4.69, 9.17) is 0 Å². The minimum Gasteiger partial charge on any atom is -0.393 e. The lowest BCUT2D eigenvalue weighted by Crippen LogP contribution is -2.17. The van der Waals surface area contributed by atoms with E-state index in [2.05, 4.69) is 5.10 Å². The maximum absolute atomic E-state index is 11.1. The van der Waals surface area contributed by atoms with Gasteiger partial charge in [0.05, 0.1) is 11.0 Å². The predicted octanol–water partition coefficient (Wildman–Crippen LogP) is 1.99. The van der Waals surface area contributed by atoms with E-state index in [1.165, 1.54) is 0 Å². The van der Waals surface area contributed by atoms with E-state index < -0.39 is 11.0 Å². The second-order valence-corrected chi connectivity index (χ2v) is 4.33. The number of aryl methyl sites for hydroxylation is 2. The van der Waals surface area contributed by atoms with E-state index in [1.807, 2.05) is 6.92 Å². The number of rotatable bonds is 5. The lowest BCUT2D eigenvalue weighted by molar-refractivity contribution is -0.386. The minimum absolute atomic E-state index is 0.0341. The third-order valence-electron chi connectivity index (χ3n) is 2.91. The van der Waals surface area contributed by atoms with Crippen LogP contribution in [0.5, 0.6) is 0 Å². The molecule has 0 aliphatic rings. The summed E-state index contributed by atoms with van der Waals surface area (Å²) in [6.45, 7) is 7.65. The summed E-state index contributed by atoms with van der Waals surface area (Å²) in [6.07, 6.45) is 0.207. The highest BCUT2D eigenvalue weighted by atomic mass is 16.6. The lowest BCUT2D eigenvalue weighted by atomic mass is 10.0. The van der Waals surface area contributed by atoms with Crippen LogP contribution >= 0.6 is 0 Å². The number of nitro groups is 1. The Morgan fingerprint density at radius 1 is 1.53 bits per heavy atom.